The summed E-state index contributed by atoms with van der Waals surface area (Å²) in [5.41, 5.74) is 6.97. The van der Waals surface area contributed by atoms with Crippen LogP contribution in [0.1, 0.15) is 53.6 Å². The van der Waals surface area contributed by atoms with Crippen molar-refractivity contribution in [1.29, 1.82) is 0 Å². The molecule has 30 heavy (non-hydrogen) atoms. The lowest BCUT2D eigenvalue weighted by atomic mass is 9.96. The second kappa shape index (κ2) is 8.40. The number of hydrogen-bond acceptors (Lipinski definition) is 2. The van der Waals surface area contributed by atoms with Gasteiger partial charge in [0.15, 0.2) is 5.11 Å². The molecule has 1 saturated heterocycles. The number of thiocarbonyl (C=S) groups is 1. The predicted octanol–water partition coefficient (Wildman–Crippen LogP) is 5.83. The van der Waals surface area contributed by atoms with Gasteiger partial charge in [-0.1, -0.05) is 30.7 Å². The Labute approximate surface area is 188 Å². The third-order valence-electron chi connectivity index (χ3n) is 5.86. The largest absolute Gasteiger partial charge is 0.352 e. The molecule has 0 bridgehead atoms. The Morgan fingerprint density at radius 2 is 1.93 bits per heavy atom. The molecule has 1 aromatic carbocycles. The zero-order valence-corrected chi connectivity index (χ0v) is 19.4. The molecule has 1 aliphatic rings. The summed E-state index contributed by atoms with van der Waals surface area (Å²) in [4.78, 5) is 6.95. The van der Waals surface area contributed by atoms with Gasteiger partial charge in [-0.2, -0.15) is 0 Å². The topological polar surface area (TPSA) is 33.1 Å². The zero-order valence-electron chi connectivity index (χ0n) is 17.8. The van der Waals surface area contributed by atoms with Gasteiger partial charge in [0.05, 0.1) is 17.8 Å². The lowest BCUT2D eigenvalue weighted by Gasteiger charge is -2.28. The van der Waals surface area contributed by atoms with Crippen LogP contribution in [0.5, 0.6) is 0 Å². The Kier molecular flexibility index (Phi) is 5.85. The van der Waals surface area contributed by atoms with E-state index in [1.807, 2.05) is 30.5 Å². The number of aryl methyl sites for hydroxylation is 2. The van der Waals surface area contributed by atoms with Gasteiger partial charge < -0.3 is 14.8 Å². The van der Waals surface area contributed by atoms with Gasteiger partial charge in [-0.05, 0) is 80.9 Å². The summed E-state index contributed by atoms with van der Waals surface area (Å²) < 4.78 is 2.30. The van der Waals surface area contributed by atoms with E-state index in [4.69, 9.17) is 23.8 Å². The van der Waals surface area contributed by atoms with Crippen molar-refractivity contribution in [3.63, 3.8) is 0 Å². The predicted molar refractivity (Wildman–Crippen MR) is 127 cm³/mol. The molecule has 1 fully saturated rings. The van der Waals surface area contributed by atoms with Crippen LogP contribution in [0.25, 0.3) is 5.69 Å². The molecule has 2 atom stereocenters. The highest BCUT2D eigenvalue weighted by atomic mass is 35.5. The van der Waals surface area contributed by atoms with Crippen molar-refractivity contribution in [2.75, 3.05) is 6.54 Å². The highest BCUT2D eigenvalue weighted by Gasteiger charge is 2.41. The third kappa shape index (κ3) is 3.61. The van der Waals surface area contributed by atoms with E-state index in [1.54, 1.807) is 0 Å². The average molecular weight is 439 g/mol. The Morgan fingerprint density at radius 3 is 2.63 bits per heavy atom. The second-order valence-electron chi connectivity index (χ2n) is 7.91. The molecule has 0 aliphatic carbocycles. The van der Waals surface area contributed by atoms with Crippen molar-refractivity contribution in [2.45, 2.75) is 46.2 Å². The van der Waals surface area contributed by atoms with Gasteiger partial charge in [-0.3, -0.25) is 4.98 Å². The van der Waals surface area contributed by atoms with E-state index in [9.17, 15) is 0 Å². The molecule has 0 amide bonds. The number of nitrogens with one attached hydrogen (secondary N) is 1. The zero-order chi connectivity index (χ0) is 21.4. The van der Waals surface area contributed by atoms with Gasteiger partial charge >= 0.3 is 0 Å². The number of nitrogens with zero attached hydrogens (tertiary/aromatic N) is 3. The molecule has 0 spiro atoms. The van der Waals surface area contributed by atoms with Crippen LogP contribution >= 0.6 is 23.8 Å². The molecule has 0 radical (unpaired) electrons. The SMILES string of the molecule is CCCN1C(=S)N[C@@H](c2ccccn2)[C@H]1c1cc(C)n(-c2cc(Cl)ccc2C)c1C. The molecule has 4 rings (SSSR count). The van der Waals surface area contributed by atoms with Crippen LogP contribution in [-0.2, 0) is 0 Å². The number of aromatic nitrogens is 2. The van der Waals surface area contributed by atoms with Crippen LogP contribution in [-0.4, -0.2) is 26.1 Å². The standard InChI is InChI=1S/C24H27ClN4S/c1-5-12-28-23(22(27-24(28)30)20-8-6-7-11-26-20)19-13-16(3)29(17(19)4)21-14-18(25)10-9-15(21)2/h6-11,13-14,22-23H,5,12H2,1-4H3,(H,27,30)/t22-,23+/m0/s1. The van der Waals surface area contributed by atoms with Crippen molar-refractivity contribution in [2.24, 2.45) is 0 Å². The Morgan fingerprint density at radius 1 is 1.13 bits per heavy atom. The maximum atomic E-state index is 6.34. The molecular weight excluding hydrogens is 412 g/mol. The summed E-state index contributed by atoms with van der Waals surface area (Å²) >= 11 is 12.1. The van der Waals surface area contributed by atoms with Gasteiger partial charge in [0.1, 0.15) is 0 Å². The summed E-state index contributed by atoms with van der Waals surface area (Å²) in [5, 5.41) is 5.07. The van der Waals surface area contributed by atoms with Gasteiger partial charge in [0.2, 0.25) is 0 Å². The molecule has 1 N–H and O–H groups in total. The second-order valence-corrected chi connectivity index (χ2v) is 8.74. The molecule has 6 heteroatoms. The van der Waals surface area contributed by atoms with E-state index in [2.05, 4.69) is 65.7 Å². The number of rotatable bonds is 5. The number of halogens is 1. The van der Waals surface area contributed by atoms with Gasteiger partial charge in [0.25, 0.3) is 0 Å². The van der Waals surface area contributed by atoms with E-state index in [-0.39, 0.29) is 12.1 Å². The van der Waals surface area contributed by atoms with E-state index >= 15 is 0 Å². The minimum absolute atomic E-state index is 0.0136. The van der Waals surface area contributed by atoms with Crippen molar-refractivity contribution in [3.8, 4) is 5.69 Å². The molecule has 3 heterocycles. The first-order valence-electron chi connectivity index (χ1n) is 10.4. The molecule has 0 saturated carbocycles. The van der Waals surface area contributed by atoms with Crippen LogP contribution in [0, 0.1) is 20.8 Å². The van der Waals surface area contributed by atoms with E-state index in [0.717, 1.165) is 34.5 Å². The quantitative estimate of drug-likeness (QED) is 0.508. The molecule has 1 aliphatic heterocycles. The smallest absolute Gasteiger partial charge is 0.170 e. The summed E-state index contributed by atoms with van der Waals surface area (Å²) in [7, 11) is 0. The van der Waals surface area contributed by atoms with Crippen LogP contribution in [0.3, 0.4) is 0 Å². The monoisotopic (exact) mass is 438 g/mol. The van der Waals surface area contributed by atoms with Gasteiger partial charge in [-0.25, -0.2) is 0 Å². The lowest BCUT2D eigenvalue weighted by Crippen LogP contribution is -2.30. The minimum Gasteiger partial charge on any atom is -0.352 e. The van der Waals surface area contributed by atoms with E-state index < -0.39 is 0 Å². The van der Waals surface area contributed by atoms with Crippen LogP contribution in [0.2, 0.25) is 5.02 Å². The van der Waals surface area contributed by atoms with Gasteiger partial charge in [0, 0.05) is 34.8 Å². The summed E-state index contributed by atoms with van der Waals surface area (Å²) in [6, 6.07) is 14.5. The molecule has 0 unspecified atom stereocenters. The number of hydrogen-bond donors (Lipinski definition) is 1. The number of benzene rings is 1. The first kappa shape index (κ1) is 20.9. The third-order valence-corrected chi connectivity index (χ3v) is 6.45. The molecule has 156 valence electrons. The number of pyridine rings is 1. The summed E-state index contributed by atoms with van der Waals surface area (Å²) in [6.45, 7) is 9.55. The maximum absolute atomic E-state index is 6.34. The summed E-state index contributed by atoms with van der Waals surface area (Å²) in [6.07, 6.45) is 2.87. The van der Waals surface area contributed by atoms with E-state index in [1.165, 1.54) is 22.5 Å². The Balaban J connectivity index is 1.86. The van der Waals surface area contributed by atoms with Crippen LogP contribution in [0.4, 0.5) is 0 Å². The van der Waals surface area contributed by atoms with Crippen LogP contribution < -0.4 is 5.32 Å². The van der Waals surface area contributed by atoms with E-state index in [0.29, 0.717) is 0 Å². The highest BCUT2D eigenvalue weighted by molar-refractivity contribution is 7.80. The maximum Gasteiger partial charge on any atom is 0.170 e. The normalized spacial score (nSPS) is 18.7. The fraction of sp³-hybridized carbons (Fsp3) is 0.333. The fourth-order valence-electron chi connectivity index (χ4n) is 4.51. The van der Waals surface area contributed by atoms with Crippen molar-refractivity contribution >= 4 is 28.9 Å². The highest BCUT2D eigenvalue weighted by Crippen LogP contribution is 2.41. The minimum atomic E-state index is 0.0136. The van der Waals surface area contributed by atoms with Crippen molar-refractivity contribution in [3.05, 3.63) is 81.9 Å². The Bertz CT molecular complexity index is 1080. The molecule has 3 aromatic rings. The Hall–Kier alpha value is -2.37. The fourth-order valence-corrected chi connectivity index (χ4v) is 5.01. The summed E-state index contributed by atoms with van der Waals surface area (Å²) in [5.74, 6) is 0. The van der Waals surface area contributed by atoms with Crippen LogP contribution in [0.15, 0.2) is 48.7 Å². The molecule has 2 aromatic heterocycles. The lowest BCUT2D eigenvalue weighted by molar-refractivity contribution is 0.316. The van der Waals surface area contributed by atoms with Gasteiger partial charge in [-0.15, -0.1) is 0 Å². The first-order chi connectivity index (χ1) is 14.4. The molecule has 4 nitrogen and oxygen atoms in total. The first-order valence-corrected chi connectivity index (χ1v) is 11.1. The average Bonchev–Trinajstić information content (AvgIpc) is 3.21. The van der Waals surface area contributed by atoms with Crippen molar-refractivity contribution in [1.82, 2.24) is 19.8 Å². The molecular formula is C24H27ClN4S. The van der Waals surface area contributed by atoms with Crippen molar-refractivity contribution < 1.29 is 0 Å².